The second kappa shape index (κ2) is 24.1. The molecule has 0 spiro atoms. The average molecular weight is 1340 g/mol. The van der Waals surface area contributed by atoms with Gasteiger partial charge in [-0.3, -0.25) is 0 Å². The number of hydrogen-bond donors (Lipinski definition) is 10. The Bertz CT molecular complexity index is 6220. The molecule has 0 aliphatic carbocycles. The number of para-hydroxylation sites is 8. The van der Waals surface area contributed by atoms with E-state index < -0.39 is 0 Å². The maximum atomic E-state index is 6.97. The summed E-state index contributed by atoms with van der Waals surface area (Å²) >= 11 is 0. The third-order valence-corrected chi connectivity index (χ3v) is 19.9. The first-order valence-corrected chi connectivity index (χ1v) is 34.2. The van der Waals surface area contributed by atoms with Gasteiger partial charge in [-0.05, 0) is 146 Å². The summed E-state index contributed by atoms with van der Waals surface area (Å²) in [5, 5.41) is 0. The number of hydrogen-bond acceptors (Lipinski definition) is 12. The number of fused-ring (bicyclic) bond motifs is 18. The number of H-pyrrole nitrogens is 4. The summed E-state index contributed by atoms with van der Waals surface area (Å²) in [6, 6.07) is 76.1. The number of anilines is 6. The van der Waals surface area contributed by atoms with E-state index >= 15 is 0 Å². The van der Waals surface area contributed by atoms with Crippen molar-refractivity contribution < 1.29 is 0 Å². The van der Waals surface area contributed by atoms with E-state index in [1.807, 2.05) is 194 Å². The van der Waals surface area contributed by atoms with E-state index in [1.54, 1.807) is 0 Å². The van der Waals surface area contributed by atoms with Crippen molar-refractivity contribution in [3.05, 3.63) is 276 Å². The van der Waals surface area contributed by atoms with Crippen molar-refractivity contribution >= 4 is 149 Å². The van der Waals surface area contributed by atoms with Gasteiger partial charge in [-0.15, -0.1) is 0 Å². The Labute approximate surface area is 594 Å². The SMILES string of the molecule is Nc1ccccc1-c1c2nc(c(-c3ccccc3N)c3ccc([nH]3)c(-c3cccc4nc5c(-c6c7nc(c(-c8ccccc8N)c8ccc([nH]8)c(-c8ccccc8N)c8nc(c(-c9ccccc9N)c9ccc6[nH]9)C=C8)C=C7)cccc5nc34)c3nc(c(-c4ccccc4N)c4ccc1[nH]4)C=C3)C=C2. The van der Waals surface area contributed by atoms with Gasteiger partial charge in [0.1, 0.15) is 0 Å². The molecule has 16 bridgehead atoms. The van der Waals surface area contributed by atoms with Gasteiger partial charge in [-0.2, -0.15) is 0 Å². The van der Waals surface area contributed by atoms with Crippen LogP contribution in [0.25, 0.3) is 204 Å². The van der Waals surface area contributed by atoms with Crippen molar-refractivity contribution in [3.63, 3.8) is 0 Å². The monoisotopic (exact) mass is 1340 g/mol. The molecule has 16 N–H and O–H groups in total. The molecule has 104 heavy (non-hydrogen) atoms. The van der Waals surface area contributed by atoms with Crippen LogP contribution in [-0.2, 0) is 0 Å². The van der Waals surface area contributed by atoms with E-state index in [4.69, 9.17) is 64.3 Å². The van der Waals surface area contributed by atoms with E-state index in [0.717, 1.165) is 133 Å². The van der Waals surface area contributed by atoms with E-state index in [2.05, 4.69) is 105 Å². The van der Waals surface area contributed by atoms with Gasteiger partial charge in [0, 0.05) is 167 Å². The summed E-state index contributed by atoms with van der Waals surface area (Å²) in [5.41, 5.74) is 72.5. The zero-order chi connectivity index (χ0) is 69.8. The molecule has 0 saturated heterocycles. The van der Waals surface area contributed by atoms with Gasteiger partial charge in [0.25, 0.3) is 0 Å². The number of nitrogens with two attached hydrogens (primary N) is 6. The summed E-state index contributed by atoms with van der Waals surface area (Å²) in [5.74, 6) is 0. The number of aromatic amines is 4. The first kappa shape index (κ1) is 60.5. The highest BCUT2D eigenvalue weighted by atomic mass is 14.9. The van der Waals surface area contributed by atoms with Gasteiger partial charge in [0.2, 0.25) is 0 Å². The van der Waals surface area contributed by atoms with Crippen LogP contribution in [0.1, 0.15) is 45.6 Å². The molecule has 11 heterocycles. The lowest BCUT2D eigenvalue weighted by molar-refractivity contribution is 1.31. The normalized spacial score (nSPS) is 12.3. The van der Waals surface area contributed by atoms with Gasteiger partial charge in [0.15, 0.2) is 0 Å². The van der Waals surface area contributed by atoms with Crippen LogP contribution in [0.15, 0.2) is 231 Å². The number of nitrogens with zero attached hydrogens (tertiary/aromatic N) is 6. The van der Waals surface area contributed by atoms with E-state index in [9.17, 15) is 0 Å². The summed E-state index contributed by atoms with van der Waals surface area (Å²) in [6.07, 6.45) is 16.4. The second-order valence-corrected chi connectivity index (χ2v) is 26.1. The quantitative estimate of drug-likeness (QED) is 0.0502. The predicted molar refractivity (Wildman–Crippen MR) is 432 cm³/mol. The van der Waals surface area contributed by atoms with E-state index in [-0.39, 0.29) is 0 Å². The fourth-order valence-corrected chi connectivity index (χ4v) is 15.1. The Morgan fingerprint density at radius 1 is 0.173 bits per heavy atom. The molecule has 15 aromatic rings. The molecular formula is C88H62N16. The number of aromatic nitrogens is 10. The fraction of sp³-hybridized carbons (Fsp3) is 0. The Balaban J connectivity index is 0.887. The van der Waals surface area contributed by atoms with E-state index in [0.29, 0.717) is 102 Å². The molecule has 494 valence electrons. The van der Waals surface area contributed by atoms with Crippen LogP contribution in [0.4, 0.5) is 34.1 Å². The van der Waals surface area contributed by atoms with E-state index in [1.165, 1.54) is 0 Å². The lowest BCUT2D eigenvalue weighted by Gasteiger charge is -2.12. The minimum atomic E-state index is 0.591. The zero-order valence-electron chi connectivity index (χ0n) is 55.7. The molecule has 8 aromatic carbocycles. The molecule has 19 rings (SSSR count). The summed E-state index contributed by atoms with van der Waals surface area (Å²) in [4.78, 5) is 49.1. The number of benzene rings is 8. The first-order chi connectivity index (χ1) is 51.0. The molecule has 0 radical (unpaired) electrons. The van der Waals surface area contributed by atoms with Gasteiger partial charge >= 0.3 is 0 Å². The van der Waals surface area contributed by atoms with Crippen molar-refractivity contribution in [3.8, 4) is 89.0 Å². The third-order valence-electron chi connectivity index (χ3n) is 19.9. The lowest BCUT2D eigenvalue weighted by atomic mass is 9.99. The van der Waals surface area contributed by atoms with Crippen molar-refractivity contribution in [1.82, 2.24) is 49.8 Å². The molecule has 0 fully saturated rings. The molecule has 16 heteroatoms. The highest BCUT2D eigenvalue weighted by molar-refractivity contribution is 6.10. The smallest absolute Gasteiger partial charge is 0.0974 e. The molecule has 7 aromatic heterocycles. The van der Waals surface area contributed by atoms with Crippen molar-refractivity contribution in [1.29, 1.82) is 0 Å². The van der Waals surface area contributed by atoms with Crippen molar-refractivity contribution in [2.45, 2.75) is 0 Å². The largest absolute Gasteiger partial charge is 0.398 e. The average Bonchev–Trinajstić information content (AvgIpc) is 1.42. The first-order valence-electron chi connectivity index (χ1n) is 34.2. The van der Waals surface area contributed by atoms with Crippen LogP contribution < -0.4 is 34.4 Å². The molecule has 0 saturated carbocycles. The lowest BCUT2D eigenvalue weighted by Crippen LogP contribution is -1.96. The van der Waals surface area contributed by atoms with Crippen molar-refractivity contribution in [2.75, 3.05) is 34.4 Å². The van der Waals surface area contributed by atoms with Gasteiger partial charge in [0.05, 0.1) is 67.6 Å². The maximum Gasteiger partial charge on any atom is 0.0974 e. The van der Waals surface area contributed by atoms with Crippen LogP contribution in [0, 0.1) is 0 Å². The van der Waals surface area contributed by atoms with Gasteiger partial charge in [-0.25, -0.2) is 29.9 Å². The predicted octanol–water partition coefficient (Wildman–Crippen LogP) is 19.6. The van der Waals surface area contributed by atoms with Gasteiger partial charge < -0.3 is 54.3 Å². The Kier molecular flexibility index (Phi) is 14.0. The van der Waals surface area contributed by atoms with Crippen molar-refractivity contribution in [2.24, 2.45) is 0 Å². The summed E-state index contributed by atoms with van der Waals surface area (Å²) < 4.78 is 0. The molecule has 4 aliphatic heterocycles. The Morgan fingerprint density at radius 2 is 0.346 bits per heavy atom. The van der Waals surface area contributed by atoms with Crippen LogP contribution >= 0.6 is 0 Å². The summed E-state index contributed by atoms with van der Waals surface area (Å²) in [7, 11) is 0. The fourth-order valence-electron chi connectivity index (χ4n) is 15.1. The summed E-state index contributed by atoms with van der Waals surface area (Å²) in [6.45, 7) is 0. The molecule has 0 amide bonds. The molecule has 0 unspecified atom stereocenters. The number of nitrogens with one attached hydrogen (secondary N) is 4. The topological polar surface area (TPSA) is 297 Å². The Morgan fingerprint density at radius 3 is 0.538 bits per heavy atom. The maximum absolute atomic E-state index is 6.97. The molecular weight excluding hydrogens is 1280 g/mol. The minimum absolute atomic E-state index is 0.591. The van der Waals surface area contributed by atoms with Crippen LogP contribution in [0.3, 0.4) is 0 Å². The highest BCUT2D eigenvalue weighted by Crippen LogP contribution is 2.46. The van der Waals surface area contributed by atoms with Crippen LogP contribution in [0.2, 0.25) is 0 Å². The number of nitrogen functional groups attached to an aromatic ring is 6. The van der Waals surface area contributed by atoms with Crippen LogP contribution in [-0.4, -0.2) is 49.8 Å². The molecule has 0 atom stereocenters. The number of rotatable bonds is 8. The third kappa shape index (κ3) is 9.99. The zero-order valence-corrected chi connectivity index (χ0v) is 55.7. The highest BCUT2D eigenvalue weighted by Gasteiger charge is 2.26. The minimum Gasteiger partial charge on any atom is -0.398 e. The molecule has 4 aliphatic rings. The van der Waals surface area contributed by atoms with Crippen LogP contribution in [0.5, 0.6) is 0 Å². The van der Waals surface area contributed by atoms with Gasteiger partial charge in [-0.1, -0.05) is 133 Å². The standard InChI is InChI=1S/C88H62N16/c89-55-23-7-1-15-47(55)79-61-31-35-65(95-61)81(49-17-3-9-25-57(49)91)69-39-43-73(99-69)85(74-44-40-70(100-74)82(66-36-32-62(79)96-66)50-18-4-10-26-58(50)92)53-21-13-29-77-87(53)103-78-30-14-22-54(88(78)104-77)86-75-45-41-71(101-75)83(51-19-5-11-27-59(51)93)67-37-33-63(97-67)80(48-16-2-8-24-56(48)90)64-34-38-68(98-64)84(72-42-46-76(86)102-72)52-20-6-12-28-60(52)94/h1-46,95,97,100,102H,89-94H2. The second-order valence-electron chi connectivity index (χ2n) is 26.1. The molecule has 16 nitrogen and oxygen atoms in total. The Hall–Kier alpha value is -14.6.